The topological polar surface area (TPSA) is 51.2 Å². The van der Waals surface area contributed by atoms with Gasteiger partial charge in [-0.15, -0.1) is 0 Å². The van der Waals surface area contributed by atoms with Crippen LogP contribution in [-0.2, 0) is 11.2 Å². The molecule has 0 atom stereocenters. The van der Waals surface area contributed by atoms with Crippen LogP contribution in [0.1, 0.15) is 15.9 Å². The van der Waals surface area contributed by atoms with Crippen molar-refractivity contribution in [3.63, 3.8) is 0 Å². The van der Waals surface area contributed by atoms with Crippen LogP contribution >= 0.6 is 0 Å². The Morgan fingerprint density at radius 1 is 1.35 bits per heavy atom. The van der Waals surface area contributed by atoms with E-state index in [1.54, 1.807) is 24.4 Å². The fourth-order valence-corrected chi connectivity index (χ4v) is 1.84. The van der Waals surface area contributed by atoms with Gasteiger partial charge in [0.05, 0.1) is 7.11 Å². The summed E-state index contributed by atoms with van der Waals surface area (Å²) in [6, 6.07) is 9.73. The summed E-state index contributed by atoms with van der Waals surface area (Å²) in [5.74, 6) is -0.224. The first kappa shape index (κ1) is 14.0. The molecular formula is C15H15FN2O2. The van der Waals surface area contributed by atoms with Crippen molar-refractivity contribution in [3.8, 4) is 0 Å². The van der Waals surface area contributed by atoms with Gasteiger partial charge in [-0.2, -0.15) is 0 Å². The van der Waals surface area contributed by atoms with Crippen molar-refractivity contribution in [2.45, 2.75) is 6.42 Å². The Balaban J connectivity index is 1.99. The molecule has 2 rings (SSSR count). The Kier molecular flexibility index (Phi) is 4.65. The molecule has 1 aromatic heterocycles. The van der Waals surface area contributed by atoms with Crippen LogP contribution in [0.5, 0.6) is 0 Å². The van der Waals surface area contributed by atoms with Gasteiger partial charge in [-0.1, -0.05) is 12.1 Å². The normalized spacial score (nSPS) is 10.1. The van der Waals surface area contributed by atoms with Gasteiger partial charge in [0.2, 0.25) is 0 Å². The second-order valence-corrected chi connectivity index (χ2v) is 4.20. The molecule has 0 radical (unpaired) electrons. The van der Waals surface area contributed by atoms with Crippen LogP contribution in [0, 0.1) is 5.82 Å². The molecule has 104 valence electrons. The van der Waals surface area contributed by atoms with E-state index in [1.807, 2.05) is 6.07 Å². The number of pyridine rings is 1. The number of ether oxygens (including phenoxy) is 1. The number of aromatic nitrogens is 1. The van der Waals surface area contributed by atoms with E-state index in [-0.39, 0.29) is 5.82 Å². The Hall–Kier alpha value is -2.43. The number of carbonyl (C=O) groups excluding carboxylic acids is 1. The molecule has 0 fully saturated rings. The molecule has 1 N–H and O–H groups in total. The SMILES string of the molecule is COC(=O)c1cccnc1NCCc1cccc(F)c1. The minimum Gasteiger partial charge on any atom is -0.465 e. The second kappa shape index (κ2) is 6.65. The van der Waals surface area contributed by atoms with Crippen LogP contribution in [0.4, 0.5) is 10.2 Å². The van der Waals surface area contributed by atoms with Gasteiger partial charge in [0.1, 0.15) is 17.2 Å². The van der Waals surface area contributed by atoms with E-state index < -0.39 is 5.97 Å². The molecular weight excluding hydrogens is 259 g/mol. The molecule has 0 spiro atoms. The summed E-state index contributed by atoms with van der Waals surface area (Å²) in [6.45, 7) is 0.546. The Bertz CT molecular complexity index is 602. The highest BCUT2D eigenvalue weighted by atomic mass is 19.1. The van der Waals surface area contributed by atoms with Gasteiger partial charge in [-0.05, 0) is 36.2 Å². The summed E-state index contributed by atoms with van der Waals surface area (Å²) in [5.41, 5.74) is 1.27. The molecule has 2 aromatic rings. The number of carbonyl (C=O) groups is 1. The van der Waals surface area contributed by atoms with Gasteiger partial charge in [0.15, 0.2) is 0 Å². The summed E-state index contributed by atoms with van der Waals surface area (Å²) < 4.78 is 17.7. The fraction of sp³-hybridized carbons (Fsp3) is 0.200. The first-order valence-electron chi connectivity index (χ1n) is 6.22. The fourth-order valence-electron chi connectivity index (χ4n) is 1.84. The average molecular weight is 274 g/mol. The zero-order valence-corrected chi connectivity index (χ0v) is 11.1. The van der Waals surface area contributed by atoms with Crippen LogP contribution in [0.3, 0.4) is 0 Å². The number of nitrogens with zero attached hydrogens (tertiary/aromatic N) is 1. The van der Waals surface area contributed by atoms with Crippen molar-refractivity contribution in [1.82, 2.24) is 4.98 Å². The van der Waals surface area contributed by atoms with Gasteiger partial charge < -0.3 is 10.1 Å². The minimum atomic E-state index is -0.439. The first-order chi connectivity index (χ1) is 9.70. The van der Waals surface area contributed by atoms with E-state index in [2.05, 4.69) is 15.0 Å². The number of halogens is 1. The Morgan fingerprint density at radius 2 is 2.20 bits per heavy atom. The van der Waals surface area contributed by atoms with Crippen molar-refractivity contribution >= 4 is 11.8 Å². The number of esters is 1. The van der Waals surface area contributed by atoms with E-state index >= 15 is 0 Å². The third kappa shape index (κ3) is 3.54. The first-order valence-corrected chi connectivity index (χ1v) is 6.22. The summed E-state index contributed by atoms with van der Waals surface area (Å²) in [5, 5.41) is 3.06. The Morgan fingerprint density at radius 3 is 2.95 bits per heavy atom. The van der Waals surface area contributed by atoms with Crippen LogP contribution in [-0.4, -0.2) is 24.6 Å². The summed E-state index contributed by atoms with van der Waals surface area (Å²) >= 11 is 0. The maximum absolute atomic E-state index is 13.0. The summed E-state index contributed by atoms with van der Waals surface area (Å²) in [4.78, 5) is 15.7. The average Bonchev–Trinajstić information content (AvgIpc) is 2.47. The highest BCUT2D eigenvalue weighted by molar-refractivity contribution is 5.94. The minimum absolute atomic E-state index is 0.254. The molecule has 0 saturated heterocycles. The molecule has 0 amide bonds. The summed E-state index contributed by atoms with van der Waals surface area (Å²) in [7, 11) is 1.33. The number of methoxy groups -OCH3 is 1. The van der Waals surface area contributed by atoms with Crippen LogP contribution in [0.25, 0.3) is 0 Å². The second-order valence-electron chi connectivity index (χ2n) is 4.20. The highest BCUT2D eigenvalue weighted by Gasteiger charge is 2.11. The number of benzene rings is 1. The molecule has 0 aliphatic heterocycles. The Labute approximate surface area is 116 Å². The molecule has 5 heteroatoms. The largest absolute Gasteiger partial charge is 0.465 e. The van der Waals surface area contributed by atoms with Crippen molar-refractivity contribution in [2.24, 2.45) is 0 Å². The number of anilines is 1. The maximum Gasteiger partial charge on any atom is 0.341 e. The van der Waals surface area contributed by atoms with E-state index in [9.17, 15) is 9.18 Å². The molecule has 0 saturated carbocycles. The predicted octanol–water partition coefficient (Wildman–Crippen LogP) is 2.66. The monoisotopic (exact) mass is 274 g/mol. The van der Waals surface area contributed by atoms with Crippen LogP contribution in [0.2, 0.25) is 0 Å². The number of hydrogen-bond acceptors (Lipinski definition) is 4. The van der Waals surface area contributed by atoms with E-state index in [0.29, 0.717) is 24.3 Å². The van der Waals surface area contributed by atoms with Crippen molar-refractivity contribution in [2.75, 3.05) is 19.0 Å². The number of rotatable bonds is 5. The molecule has 1 heterocycles. The zero-order chi connectivity index (χ0) is 14.4. The van der Waals surface area contributed by atoms with Crippen LogP contribution < -0.4 is 5.32 Å². The van der Waals surface area contributed by atoms with Gasteiger partial charge in [-0.25, -0.2) is 14.2 Å². The lowest BCUT2D eigenvalue weighted by molar-refractivity contribution is 0.0601. The van der Waals surface area contributed by atoms with Crippen LogP contribution in [0.15, 0.2) is 42.6 Å². The van der Waals surface area contributed by atoms with Crippen molar-refractivity contribution in [3.05, 3.63) is 59.5 Å². The lowest BCUT2D eigenvalue weighted by Crippen LogP contribution is -2.12. The number of hydrogen-bond donors (Lipinski definition) is 1. The van der Waals surface area contributed by atoms with Gasteiger partial charge >= 0.3 is 5.97 Å². The van der Waals surface area contributed by atoms with Crippen molar-refractivity contribution in [1.29, 1.82) is 0 Å². The van der Waals surface area contributed by atoms with Gasteiger partial charge in [0.25, 0.3) is 0 Å². The molecule has 0 aliphatic rings. The molecule has 20 heavy (non-hydrogen) atoms. The molecule has 0 unspecified atom stereocenters. The molecule has 0 bridgehead atoms. The standard InChI is InChI=1S/C15H15FN2O2/c1-20-15(19)13-6-3-8-17-14(13)18-9-7-11-4-2-5-12(16)10-11/h2-6,8,10H,7,9H2,1H3,(H,17,18). The predicted molar refractivity (Wildman–Crippen MR) is 74.2 cm³/mol. The van der Waals surface area contributed by atoms with E-state index in [4.69, 9.17) is 0 Å². The van der Waals surface area contributed by atoms with Gasteiger partial charge in [0, 0.05) is 12.7 Å². The zero-order valence-electron chi connectivity index (χ0n) is 11.1. The smallest absolute Gasteiger partial charge is 0.341 e. The van der Waals surface area contributed by atoms with Crippen molar-refractivity contribution < 1.29 is 13.9 Å². The highest BCUT2D eigenvalue weighted by Crippen LogP contribution is 2.13. The molecule has 1 aromatic carbocycles. The third-order valence-corrected chi connectivity index (χ3v) is 2.81. The van der Waals surface area contributed by atoms with E-state index in [0.717, 1.165) is 5.56 Å². The molecule has 4 nitrogen and oxygen atoms in total. The third-order valence-electron chi connectivity index (χ3n) is 2.81. The maximum atomic E-state index is 13.0. The lowest BCUT2D eigenvalue weighted by atomic mass is 10.1. The number of nitrogens with one attached hydrogen (secondary N) is 1. The summed E-state index contributed by atoms with van der Waals surface area (Å²) in [6.07, 6.45) is 2.23. The quantitative estimate of drug-likeness (QED) is 0.852. The van der Waals surface area contributed by atoms with E-state index in [1.165, 1.54) is 19.2 Å². The van der Waals surface area contributed by atoms with Gasteiger partial charge in [-0.3, -0.25) is 0 Å². The lowest BCUT2D eigenvalue weighted by Gasteiger charge is -2.09. The molecule has 0 aliphatic carbocycles.